The van der Waals surface area contributed by atoms with Gasteiger partial charge in [0.2, 0.25) is 0 Å². The SMILES string of the molecule is NC(=O)OC/C=C\c1ccccc1. The summed E-state index contributed by atoms with van der Waals surface area (Å²) in [6, 6.07) is 9.74. The smallest absolute Gasteiger partial charge is 0.404 e. The van der Waals surface area contributed by atoms with Crippen LogP contribution in [0.25, 0.3) is 6.08 Å². The van der Waals surface area contributed by atoms with Gasteiger partial charge < -0.3 is 10.5 Å². The van der Waals surface area contributed by atoms with E-state index < -0.39 is 6.09 Å². The maximum atomic E-state index is 10.2. The molecule has 0 saturated heterocycles. The average molecular weight is 177 g/mol. The number of rotatable bonds is 3. The molecule has 0 aliphatic rings. The van der Waals surface area contributed by atoms with Gasteiger partial charge in [-0.3, -0.25) is 0 Å². The Morgan fingerprint density at radius 2 is 2.08 bits per heavy atom. The van der Waals surface area contributed by atoms with Crippen molar-refractivity contribution in [1.82, 2.24) is 0 Å². The largest absolute Gasteiger partial charge is 0.445 e. The number of hydrogen-bond donors (Lipinski definition) is 1. The molecule has 3 nitrogen and oxygen atoms in total. The van der Waals surface area contributed by atoms with Crippen molar-refractivity contribution in [2.45, 2.75) is 0 Å². The first-order valence-electron chi connectivity index (χ1n) is 3.93. The van der Waals surface area contributed by atoms with Gasteiger partial charge in [-0.2, -0.15) is 0 Å². The molecule has 0 aliphatic carbocycles. The number of ether oxygens (including phenoxy) is 1. The first kappa shape index (κ1) is 9.32. The summed E-state index contributed by atoms with van der Waals surface area (Å²) in [6.07, 6.45) is 2.85. The Balaban J connectivity index is 2.37. The van der Waals surface area contributed by atoms with Crippen LogP contribution in [0.4, 0.5) is 4.79 Å². The van der Waals surface area contributed by atoms with Gasteiger partial charge in [-0.1, -0.05) is 36.4 Å². The highest BCUT2D eigenvalue weighted by molar-refractivity contribution is 5.64. The number of hydrogen-bond acceptors (Lipinski definition) is 2. The van der Waals surface area contributed by atoms with E-state index in [1.807, 2.05) is 36.4 Å². The zero-order valence-electron chi connectivity index (χ0n) is 7.14. The van der Waals surface area contributed by atoms with E-state index in [0.717, 1.165) is 5.56 Å². The van der Waals surface area contributed by atoms with Crippen molar-refractivity contribution in [3.63, 3.8) is 0 Å². The molecule has 0 aromatic heterocycles. The molecule has 1 amide bonds. The Morgan fingerprint density at radius 1 is 1.38 bits per heavy atom. The molecule has 0 unspecified atom stereocenters. The van der Waals surface area contributed by atoms with Crippen molar-refractivity contribution in [2.24, 2.45) is 5.73 Å². The Labute approximate surface area is 76.8 Å². The molecule has 1 aromatic rings. The van der Waals surface area contributed by atoms with Crippen LogP contribution in [0.15, 0.2) is 36.4 Å². The average Bonchev–Trinajstić information content (AvgIpc) is 2.14. The first-order valence-corrected chi connectivity index (χ1v) is 3.93. The van der Waals surface area contributed by atoms with Crippen LogP contribution in [0, 0.1) is 0 Å². The van der Waals surface area contributed by atoms with Crippen molar-refractivity contribution in [3.05, 3.63) is 42.0 Å². The first-order chi connectivity index (χ1) is 6.29. The Morgan fingerprint density at radius 3 is 2.69 bits per heavy atom. The zero-order chi connectivity index (χ0) is 9.52. The molecular formula is C10H11NO2. The molecule has 13 heavy (non-hydrogen) atoms. The topological polar surface area (TPSA) is 52.3 Å². The zero-order valence-corrected chi connectivity index (χ0v) is 7.14. The van der Waals surface area contributed by atoms with Crippen LogP contribution in [-0.4, -0.2) is 12.7 Å². The molecule has 68 valence electrons. The van der Waals surface area contributed by atoms with Gasteiger partial charge in [0.25, 0.3) is 0 Å². The van der Waals surface area contributed by atoms with Crippen LogP contribution in [0.2, 0.25) is 0 Å². The van der Waals surface area contributed by atoms with Crippen LogP contribution >= 0.6 is 0 Å². The summed E-state index contributed by atoms with van der Waals surface area (Å²) < 4.78 is 4.52. The molecule has 3 heteroatoms. The van der Waals surface area contributed by atoms with Crippen LogP contribution in [0.5, 0.6) is 0 Å². The standard InChI is InChI=1S/C10H11NO2/c11-10(12)13-8-4-7-9-5-2-1-3-6-9/h1-7H,8H2,(H2,11,12)/b7-4-. The fraction of sp³-hybridized carbons (Fsp3) is 0.100. The quantitative estimate of drug-likeness (QED) is 0.765. The lowest BCUT2D eigenvalue weighted by Crippen LogP contribution is -2.12. The van der Waals surface area contributed by atoms with Gasteiger partial charge in [0.05, 0.1) is 0 Å². The molecule has 1 aromatic carbocycles. The summed E-state index contributed by atoms with van der Waals surface area (Å²) in [5.74, 6) is 0. The van der Waals surface area contributed by atoms with Gasteiger partial charge >= 0.3 is 6.09 Å². The summed E-state index contributed by atoms with van der Waals surface area (Å²) in [6.45, 7) is 0.213. The molecule has 2 N–H and O–H groups in total. The van der Waals surface area contributed by atoms with Crippen LogP contribution < -0.4 is 5.73 Å². The number of carbonyl (C=O) groups is 1. The summed E-state index contributed by atoms with van der Waals surface area (Å²) in [4.78, 5) is 10.2. The fourth-order valence-electron chi connectivity index (χ4n) is 0.879. The molecule has 0 heterocycles. The summed E-state index contributed by atoms with van der Waals surface area (Å²) in [5.41, 5.74) is 5.84. The summed E-state index contributed by atoms with van der Waals surface area (Å²) >= 11 is 0. The van der Waals surface area contributed by atoms with E-state index in [2.05, 4.69) is 4.74 Å². The molecule has 0 radical (unpaired) electrons. The minimum absolute atomic E-state index is 0.213. The van der Waals surface area contributed by atoms with Crippen LogP contribution in [0.3, 0.4) is 0 Å². The minimum atomic E-state index is -0.752. The van der Waals surface area contributed by atoms with E-state index >= 15 is 0 Å². The van der Waals surface area contributed by atoms with E-state index in [1.54, 1.807) is 6.08 Å². The van der Waals surface area contributed by atoms with Crippen molar-refractivity contribution in [2.75, 3.05) is 6.61 Å². The normalized spacial score (nSPS) is 10.2. The summed E-state index contributed by atoms with van der Waals surface area (Å²) in [7, 11) is 0. The lowest BCUT2D eigenvalue weighted by atomic mass is 10.2. The summed E-state index contributed by atoms with van der Waals surface area (Å²) in [5, 5.41) is 0. The van der Waals surface area contributed by atoms with Crippen molar-refractivity contribution >= 4 is 12.2 Å². The second-order valence-electron chi connectivity index (χ2n) is 2.44. The van der Waals surface area contributed by atoms with Crippen molar-refractivity contribution in [3.8, 4) is 0 Å². The van der Waals surface area contributed by atoms with E-state index in [0.29, 0.717) is 0 Å². The number of carbonyl (C=O) groups excluding carboxylic acids is 1. The maximum Gasteiger partial charge on any atom is 0.404 e. The van der Waals surface area contributed by atoms with Gasteiger partial charge in [0, 0.05) is 0 Å². The number of benzene rings is 1. The van der Waals surface area contributed by atoms with Gasteiger partial charge in [-0.25, -0.2) is 4.79 Å². The molecule has 0 spiro atoms. The second-order valence-corrected chi connectivity index (χ2v) is 2.44. The maximum absolute atomic E-state index is 10.2. The Bertz CT molecular complexity index is 293. The lowest BCUT2D eigenvalue weighted by Gasteiger charge is -1.94. The Kier molecular flexibility index (Phi) is 3.57. The highest BCUT2D eigenvalue weighted by Gasteiger charge is 1.87. The minimum Gasteiger partial charge on any atom is -0.445 e. The van der Waals surface area contributed by atoms with Crippen LogP contribution in [0.1, 0.15) is 5.56 Å². The monoisotopic (exact) mass is 177 g/mol. The predicted octanol–water partition coefficient (Wildman–Crippen LogP) is 1.80. The molecule has 0 atom stereocenters. The molecule has 0 bridgehead atoms. The highest BCUT2D eigenvalue weighted by atomic mass is 16.5. The third-order valence-corrected chi connectivity index (χ3v) is 1.43. The molecule has 1 rings (SSSR count). The molecule has 0 fully saturated rings. The van der Waals surface area contributed by atoms with E-state index in [4.69, 9.17) is 5.73 Å². The van der Waals surface area contributed by atoms with Gasteiger partial charge in [-0.05, 0) is 11.6 Å². The van der Waals surface area contributed by atoms with Crippen molar-refractivity contribution < 1.29 is 9.53 Å². The third-order valence-electron chi connectivity index (χ3n) is 1.43. The number of primary amides is 1. The third kappa shape index (κ3) is 3.96. The van der Waals surface area contributed by atoms with Crippen molar-refractivity contribution in [1.29, 1.82) is 0 Å². The fourth-order valence-corrected chi connectivity index (χ4v) is 0.879. The molecule has 0 aliphatic heterocycles. The highest BCUT2D eigenvalue weighted by Crippen LogP contribution is 2.00. The Hall–Kier alpha value is -1.77. The number of nitrogens with two attached hydrogens (primary N) is 1. The van der Waals surface area contributed by atoms with Gasteiger partial charge in [0.1, 0.15) is 6.61 Å². The van der Waals surface area contributed by atoms with E-state index in [-0.39, 0.29) is 6.61 Å². The van der Waals surface area contributed by atoms with E-state index in [9.17, 15) is 4.79 Å². The lowest BCUT2D eigenvalue weighted by molar-refractivity contribution is 0.169. The number of amides is 1. The van der Waals surface area contributed by atoms with Crippen LogP contribution in [-0.2, 0) is 4.74 Å². The van der Waals surface area contributed by atoms with Gasteiger partial charge in [-0.15, -0.1) is 0 Å². The molecular weight excluding hydrogens is 166 g/mol. The second kappa shape index (κ2) is 4.98. The predicted molar refractivity (Wildman–Crippen MR) is 51.0 cm³/mol. The van der Waals surface area contributed by atoms with E-state index in [1.165, 1.54) is 0 Å². The molecule has 0 saturated carbocycles. The van der Waals surface area contributed by atoms with Gasteiger partial charge in [0.15, 0.2) is 0 Å².